The molecule has 0 bridgehead atoms. The van der Waals surface area contributed by atoms with Crippen LogP contribution in [-0.2, 0) is 12.8 Å². The number of hydrogen-bond donors (Lipinski definition) is 1. The summed E-state index contributed by atoms with van der Waals surface area (Å²) in [7, 11) is 0. The summed E-state index contributed by atoms with van der Waals surface area (Å²) >= 11 is 0. The fourth-order valence-corrected chi connectivity index (χ4v) is 3.15. The normalized spacial score (nSPS) is 15.7. The van der Waals surface area contributed by atoms with Crippen molar-refractivity contribution in [3.8, 4) is 0 Å². The van der Waals surface area contributed by atoms with Gasteiger partial charge in [0.25, 0.3) is 0 Å². The Morgan fingerprint density at radius 3 is 2.17 bits per heavy atom. The van der Waals surface area contributed by atoms with Crippen molar-refractivity contribution in [3.63, 3.8) is 0 Å². The second kappa shape index (κ2) is 8.92. The van der Waals surface area contributed by atoms with Gasteiger partial charge in [-0.2, -0.15) is 0 Å². The van der Waals surface area contributed by atoms with E-state index >= 15 is 0 Å². The number of anilines is 1. The molecule has 2 amide bonds. The van der Waals surface area contributed by atoms with E-state index in [2.05, 4.69) is 49.2 Å². The van der Waals surface area contributed by atoms with E-state index in [0.29, 0.717) is 0 Å². The third-order valence-corrected chi connectivity index (χ3v) is 4.72. The van der Waals surface area contributed by atoms with Crippen LogP contribution >= 0.6 is 0 Å². The largest absolute Gasteiger partial charge is 0.322 e. The van der Waals surface area contributed by atoms with Crippen LogP contribution in [0.1, 0.15) is 44.7 Å². The van der Waals surface area contributed by atoms with Gasteiger partial charge in [0, 0.05) is 31.9 Å². The third-order valence-electron chi connectivity index (χ3n) is 4.72. The summed E-state index contributed by atoms with van der Waals surface area (Å²) in [5, 5.41) is 3.18. The quantitative estimate of drug-likeness (QED) is 0.867. The number of aryl methyl sites for hydroxylation is 2. The summed E-state index contributed by atoms with van der Waals surface area (Å²) < 4.78 is 0. The van der Waals surface area contributed by atoms with Crippen LogP contribution in [0.25, 0.3) is 0 Å². The molecule has 4 heteroatoms. The van der Waals surface area contributed by atoms with Crippen LogP contribution in [0.5, 0.6) is 0 Å². The number of nitrogens with one attached hydrogen (secondary N) is 1. The summed E-state index contributed by atoms with van der Waals surface area (Å²) in [5.74, 6) is 0. The van der Waals surface area contributed by atoms with Gasteiger partial charge in [-0.25, -0.2) is 4.79 Å². The van der Waals surface area contributed by atoms with Crippen LogP contribution in [0, 0.1) is 0 Å². The number of rotatable bonds is 6. The first-order valence-corrected chi connectivity index (χ1v) is 9.08. The Morgan fingerprint density at radius 2 is 1.65 bits per heavy atom. The van der Waals surface area contributed by atoms with Crippen LogP contribution in [0.15, 0.2) is 18.2 Å². The highest BCUT2D eigenvalue weighted by Crippen LogP contribution is 2.23. The number of para-hydroxylation sites is 1. The van der Waals surface area contributed by atoms with Crippen molar-refractivity contribution in [1.82, 2.24) is 9.80 Å². The van der Waals surface area contributed by atoms with E-state index in [1.807, 2.05) is 4.90 Å². The van der Waals surface area contributed by atoms with Gasteiger partial charge in [-0.05, 0) is 36.9 Å². The summed E-state index contributed by atoms with van der Waals surface area (Å²) in [6, 6.07) is 6.35. The number of unbranched alkanes of at least 4 members (excludes halogenated alkanes) is 1. The zero-order valence-electron chi connectivity index (χ0n) is 14.9. The van der Waals surface area contributed by atoms with Crippen molar-refractivity contribution in [3.05, 3.63) is 29.3 Å². The lowest BCUT2D eigenvalue weighted by molar-refractivity contribution is 0.146. The maximum absolute atomic E-state index is 12.6. The first-order chi connectivity index (χ1) is 11.2. The Kier molecular flexibility index (Phi) is 6.90. The molecular formula is C19H31N3O. The van der Waals surface area contributed by atoms with E-state index in [1.165, 1.54) is 24.0 Å². The van der Waals surface area contributed by atoms with E-state index in [0.717, 1.165) is 51.3 Å². The minimum Gasteiger partial charge on any atom is -0.322 e. The zero-order chi connectivity index (χ0) is 16.7. The monoisotopic (exact) mass is 317 g/mol. The van der Waals surface area contributed by atoms with E-state index in [1.54, 1.807) is 0 Å². The lowest BCUT2D eigenvalue weighted by Crippen LogP contribution is -2.50. The van der Waals surface area contributed by atoms with Gasteiger partial charge in [0.05, 0.1) is 0 Å². The van der Waals surface area contributed by atoms with Gasteiger partial charge >= 0.3 is 6.03 Å². The number of carbonyl (C=O) groups is 1. The molecule has 1 fully saturated rings. The maximum Gasteiger partial charge on any atom is 0.321 e. The average molecular weight is 317 g/mol. The Morgan fingerprint density at radius 1 is 1.04 bits per heavy atom. The van der Waals surface area contributed by atoms with Crippen LogP contribution < -0.4 is 5.32 Å². The van der Waals surface area contributed by atoms with Gasteiger partial charge in [-0.15, -0.1) is 0 Å². The molecule has 128 valence electrons. The Bertz CT molecular complexity index is 485. The molecule has 0 unspecified atom stereocenters. The molecule has 0 spiro atoms. The van der Waals surface area contributed by atoms with Crippen molar-refractivity contribution in [2.24, 2.45) is 0 Å². The van der Waals surface area contributed by atoms with Gasteiger partial charge in [0.1, 0.15) is 0 Å². The molecule has 0 saturated carbocycles. The van der Waals surface area contributed by atoms with Crippen LogP contribution in [0.3, 0.4) is 0 Å². The topological polar surface area (TPSA) is 35.6 Å². The van der Waals surface area contributed by atoms with Crippen LogP contribution in [0.2, 0.25) is 0 Å². The molecular weight excluding hydrogens is 286 g/mol. The van der Waals surface area contributed by atoms with Crippen molar-refractivity contribution < 1.29 is 4.79 Å². The molecule has 0 aliphatic carbocycles. The van der Waals surface area contributed by atoms with Crippen molar-refractivity contribution >= 4 is 11.7 Å². The van der Waals surface area contributed by atoms with E-state index in [-0.39, 0.29) is 6.03 Å². The highest BCUT2D eigenvalue weighted by molar-refractivity contribution is 5.91. The van der Waals surface area contributed by atoms with E-state index in [4.69, 9.17) is 0 Å². The van der Waals surface area contributed by atoms with Gasteiger partial charge in [0.15, 0.2) is 0 Å². The molecule has 1 saturated heterocycles. The van der Waals surface area contributed by atoms with Crippen molar-refractivity contribution in [1.29, 1.82) is 0 Å². The van der Waals surface area contributed by atoms with E-state index < -0.39 is 0 Å². The van der Waals surface area contributed by atoms with Gasteiger partial charge < -0.3 is 10.2 Å². The Hall–Kier alpha value is -1.55. The lowest BCUT2D eigenvalue weighted by atomic mass is 10.0. The maximum atomic E-state index is 12.6. The number of nitrogens with zero attached hydrogens (tertiary/aromatic N) is 2. The molecule has 0 radical (unpaired) electrons. The Balaban J connectivity index is 1.95. The molecule has 1 aromatic rings. The molecule has 1 aliphatic rings. The fourth-order valence-electron chi connectivity index (χ4n) is 3.15. The molecule has 0 aromatic heterocycles. The standard InChI is InChI=1S/C19H31N3O/c1-4-7-11-21-12-14-22(15-13-21)19(23)20-18-16(5-2)9-8-10-17(18)6-3/h8-10H,4-7,11-15H2,1-3H3,(H,20,23). The molecule has 23 heavy (non-hydrogen) atoms. The third kappa shape index (κ3) is 4.71. The first kappa shape index (κ1) is 17.8. The summed E-state index contributed by atoms with van der Waals surface area (Å²) in [6.45, 7) is 11.3. The average Bonchev–Trinajstić information content (AvgIpc) is 2.60. The molecule has 0 atom stereocenters. The number of carbonyl (C=O) groups excluding carboxylic acids is 1. The highest BCUT2D eigenvalue weighted by atomic mass is 16.2. The predicted octanol–water partition coefficient (Wildman–Crippen LogP) is 3.76. The summed E-state index contributed by atoms with van der Waals surface area (Å²) in [4.78, 5) is 17.0. The lowest BCUT2D eigenvalue weighted by Gasteiger charge is -2.35. The van der Waals surface area contributed by atoms with Gasteiger partial charge in [-0.1, -0.05) is 45.4 Å². The zero-order valence-corrected chi connectivity index (χ0v) is 14.9. The predicted molar refractivity (Wildman–Crippen MR) is 97.1 cm³/mol. The smallest absolute Gasteiger partial charge is 0.321 e. The second-order valence-electron chi connectivity index (χ2n) is 6.27. The van der Waals surface area contributed by atoms with E-state index in [9.17, 15) is 4.79 Å². The number of hydrogen-bond acceptors (Lipinski definition) is 2. The Labute approximate surface area is 140 Å². The number of benzene rings is 1. The van der Waals surface area contributed by atoms with Crippen LogP contribution in [-0.4, -0.2) is 48.6 Å². The minimum absolute atomic E-state index is 0.0516. The fraction of sp³-hybridized carbons (Fsp3) is 0.632. The molecule has 2 rings (SSSR count). The molecule has 1 aliphatic heterocycles. The molecule has 4 nitrogen and oxygen atoms in total. The van der Waals surface area contributed by atoms with Crippen LogP contribution in [0.4, 0.5) is 10.5 Å². The van der Waals surface area contributed by atoms with Crippen molar-refractivity contribution in [2.45, 2.75) is 46.5 Å². The van der Waals surface area contributed by atoms with Gasteiger partial charge in [0.2, 0.25) is 0 Å². The number of urea groups is 1. The van der Waals surface area contributed by atoms with Gasteiger partial charge in [-0.3, -0.25) is 4.90 Å². The molecule has 1 N–H and O–H groups in total. The van der Waals surface area contributed by atoms with Crippen molar-refractivity contribution in [2.75, 3.05) is 38.0 Å². The SMILES string of the molecule is CCCCN1CCN(C(=O)Nc2c(CC)cccc2CC)CC1. The summed E-state index contributed by atoms with van der Waals surface area (Å²) in [5.41, 5.74) is 3.47. The summed E-state index contributed by atoms with van der Waals surface area (Å²) in [6.07, 6.45) is 4.35. The first-order valence-electron chi connectivity index (χ1n) is 9.08. The minimum atomic E-state index is 0.0516. The number of amides is 2. The molecule has 1 heterocycles. The highest BCUT2D eigenvalue weighted by Gasteiger charge is 2.21. The second-order valence-corrected chi connectivity index (χ2v) is 6.27. The number of piperazine rings is 1. The molecule has 1 aromatic carbocycles.